The fourth-order valence-electron chi connectivity index (χ4n) is 3.94. The van der Waals surface area contributed by atoms with E-state index in [0.717, 1.165) is 45.2 Å². The van der Waals surface area contributed by atoms with E-state index in [9.17, 15) is 13.2 Å². The number of carbonyl (C=O) groups is 1. The molecule has 2 aliphatic rings. The molecule has 7 nitrogen and oxygen atoms in total. The molecule has 1 saturated heterocycles. The fraction of sp³-hybridized carbons (Fsp3) is 0.650. The van der Waals surface area contributed by atoms with E-state index in [-0.39, 0.29) is 23.4 Å². The highest BCUT2D eigenvalue weighted by atomic mass is 32.2. The topological polar surface area (TPSA) is 79.0 Å². The molecule has 3 rings (SSSR count). The van der Waals surface area contributed by atoms with E-state index >= 15 is 0 Å². The lowest BCUT2D eigenvalue weighted by molar-refractivity contribution is -0.132. The number of hydrogen-bond acceptors (Lipinski definition) is 5. The zero-order chi connectivity index (χ0) is 20.0. The summed E-state index contributed by atoms with van der Waals surface area (Å²) in [5.41, 5.74) is 0. The summed E-state index contributed by atoms with van der Waals surface area (Å²) in [6, 6.07) is 6.38. The first-order chi connectivity index (χ1) is 13.5. The maximum absolute atomic E-state index is 13.4. The molecule has 0 unspecified atom stereocenters. The van der Waals surface area contributed by atoms with E-state index in [2.05, 4.69) is 5.32 Å². The van der Waals surface area contributed by atoms with Crippen LogP contribution in [-0.2, 0) is 14.8 Å². The van der Waals surface area contributed by atoms with Crippen molar-refractivity contribution in [2.45, 2.75) is 50.0 Å². The first-order valence-electron chi connectivity index (χ1n) is 10.3. The molecule has 1 aromatic carbocycles. The van der Waals surface area contributed by atoms with Crippen LogP contribution in [0.1, 0.15) is 39.0 Å². The molecule has 1 aromatic rings. The van der Waals surface area contributed by atoms with Crippen LogP contribution in [0, 0.1) is 0 Å². The average molecular weight is 410 g/mol. The van der Waals surface area contributed by atoms with Crippen LogP contribution in [0.3, 0.4) is 0 Å². The van der Waals surface area contributed by atoms with Crippen molar-refractivity contribution in [1.82, 2.24) is 14.5 Å². The second-order valence-corrected chi connectivity index (χ2v) is 9.27. The van der Waals surface area contributed by atoms with Gasteiger partial charge < -0.3 is 15.0 Å². The normalized spacial score (nSPS) is 19.0. The van der Waals surface area contributed by atoms with Crippen LogP contribution in [0.2, 0.25) is 0 Å². The summed E-state index contributed by atoms with van der Waals surface area (Å²) >= 11 is 0. The van der Waals surface area contributed by atoms with Crippen LogP contribution >= 0.6 is 0 Å². The SMILES string of the molecule is CCOc1ccc(S(=O)(=O)N(CC(=O)N2CCNCC2)C2CCCCC2)cc1. The second kappa shape index (κ2) is 9.71. The zero-order valence-electron chi connectivity index (χ0n) is 16.6. The molecular weight excluding hydrogens is 378 g/mol. The highest BCUT2D eigenvalue weighted by Gasteiger charge is 2.35. The number of nitrogens with zero attached hydrogens (tertiary/aromatic N) is 2. The molecule has 1 saturated carbocycles. The van der Waals surface area contributed by atoms with Gasteiger partial charge in [0.25, 0.3) is 0 Å². The first kappa shape index (κ1) is 21.1. The molecule has 1 heterocycles. The van der Waals surface area contributed by atoms with Crippen LogP contribution in [-0.4, -0.2) is 68.9 Å². The molecule has 1 N–H and O–H groups in total. The van der Waals surface area contributed by atoms with Gasteiger partial charge in [0.05, 0.1) is 18.0 Å². The van der Waals surface area contributed by atoms with Crippen LogP contribution in [0.25, 0.3) is 0 Å². The molecule has 1 aliphatic heterocycles. The van der Waals surface area contributed by atoms with Gasteiger partial charge in [-0.1, -0.05) is 19.3 Å². The molecule has 0 aromatic heterocycles. The largest absolute Gasteiger partial charge is 0.494 e. The summed E-state index contributed by atoms with van der Waals surface area (Å²) in [4.78, 5) is 14.8. The van der Waals surface area contributed by atoms with Crippen LogP contribution in [0.5, 0.6) is 5.75 Å². The van der Waals surface area contributed by atoms with Crippen LogP contribution in [0.4, 0.5) is 0 Å². The van der Waals surface area contributed by atoms with Crippen molar-refractivity contribution in [3.63, 3.8) is 0 Å². The predicted octanol–water partition coefficient (Wildman–Crippen LogP) is 1.84. The molecular formula is C20H31N3O4S. The van der Waals surface area contributed by atoms with E-state index in [1.807, 2.05) is 6.92 Å². The highest BCUT2D eigenvalue weighted by molar-refractivity contribution is 7.89. The summed E-state index contributed by atoms with van der Waals surface area (Å²) in [6.45, 7) is 5.08. The summed E-state index contributed by atoms with van der Waals surface area (Å²) in [5.74, 6) is 0.532. The van der Waals surface area contributed by atoms with Gasteiger partial charge >= 0.3 is 0 Å². The number of nitrogens with one attached hydrogen (secondary N) is 1. The lowest BCUT2D eigenvalue weighted by atomic mass is 9.95. The van der Waals surface area contributed by atoms with Gasteiger partial charge in [-0.25, -0.2) is 8.42 Å². The number of carbonyl (C=O) groups excluding carboxylic acids is 1. The molecule has 156 valence electrons. The van der Waals surface area contributed by atoms with E-state index in [0.29, 0.717) is 25.4 Å². The molecule has 0 radical (unpaired) electrons. The molecule has 0 bridgehead atoms. The smallest absolute Gasteiger partial charge is 0.243 e. The molecule has 2 fully saturated rings. The van der Waals surface area contributed by atoms with Gasteiger partial charge in [-0.2, -0.15) is 4.31 Å². The Morgan fingerprint density at radius 1 is 1.14 bits per heavy atom. The Kier molecular flexibility index (Phi) is 7.31. The number of benzene rings is 1. The molecule has 0 atom stereocenters. The Morgan fingerprint density at radius 3 is 2.39 bits per heavy atom. The standard InChI is InChI=1S/C20H31N3O4S/c1-2-27-18-8-10-19(11-9-18)28(25,26)23(17-6-4-3-5-7-17)16-20(24)22-14-12-21-13-15-22/h8-11,17,21H,2-7,12-16H2,1H3. The Balaban J connectivity index is 1.82. The lowest BCUT2D eigenvalue weighted by Gasteiger charge is -2.35. The van der Waals surface area contributed by atoms with Crippen LogP contribution < -0.4 is 10.1 Å². The maximum atomic E-state index is 13.4. The van der Waals surface area contributed by atoms with E-state index in [4.69, 9.17) is 4.74 Å². The minimum atomic E-state index is -3.75. The summed E-state index contributed by atoms with van der Waals surface area (Å²) in [7, 11) is -3.75. The van der Waals surface area contributed by atoms with Gasteiger partial charge in [0.15, 0.2) is 0 Å². The van der Waals surface area contributed by atoms with Gasteiger partial charge in [-0.05, 0) is 44.0 Å². The fourth-order valence-corrected chi connectivity index (χ4v) is 5.57. The molecule has 1 amide bonds. The number of hydrogen-bond donors (Lipinski definition) is 1. The van der Waals surface area contributed by atoms with E-state index < -0.39 is 10.0 Å². The van der Waals surface area contributed by atoms with Crippen molar-refractivity contribution < 1.29 is 17.9 Å². The van der Waals surface area contributed by atoms with Crippen molar-refractivity contribution in [3.8, 4) is 5.75 Å². The van der Waals surface area contributed by atoms with Gasteiger partial charge in [0.1, 0.15) is 5.75 Å². The number of ether oxygens (including phenoxy) is 1. The zero-order valence-corrected chi connectivity index (χ0v) is 17.4. The van der Waals surface area contributed by atoms with E-state index in [1.54, 1.807) is 29.2 Å². The number of piperazine rings is 1. The number of amides is 1. The average Bonchev–Trinajstić information content (AvgIpc) is 2.73. The predicted molar refractivity (Wildman–Crippen MR) is 108 cm³/mol. The minimum absolute atomic E-state index is 0.0831. The van der Waals surface area contributed by atoms with E-state index in [1.165, 1.54) is 4.31 Å². The summed E-state index contributed by atoms with van der Waals surface area (Å²) < 4.78 is 33.7. The van der Waals surface area contributed by atoms with Gasteiger partial charge in [-0.3, -0.25) is 4.79 Å². The quantitative estimate of drug-likeness (QED) is 0.743. The molecule has 0 spiro atoms. The monoisotopic (exact) mass is 409 g/mol. The number of rotatable bonds is 7. The van der Waals surface area contributed by atoms with Crippen molar-refractivity contribution in [2.75, 3.05) is 39.3 Å². The Hall–Kier alpha value is -1.64. The molecule has 1 aliphatic carbocycles. The van der Waals surface area contributed by atoms with Gasteiger partial charge in [-0.15, -0.1) is 0 Å². The van der Waals surface area contributed by atoms with Gasteiger partial charge in [0, 0.05) is 32.2 Å². The summed E-state index contributed by atoms with van der Waals surface area (Å²) in [5, 5.41) is 3.22. The minimum Gasteiger partial charge on any atom is -0.494 e. The Bertz CT molecular complexity index is 739. The third-order valence-electron chi connectivity index (χ3n) is 5.48. The summed E-state index contributed by atoms with van der Waals surface area (Å²) in [6.07, 6.45) is 4.75. The Morgan fingerprint density at radius 2 is 1.79 bits per heavy atom. The first-order valence-corrected chi connectivity index (χ1v) is 11.7. The second-order valence-electron chi connectivity index (χ2n) is 7.38. The molecule has 8 heteroatoms. The molecule has 28 heavy (non-hydrogen) atoms. The third-order valence-corrected chi connectivity index (χ3v) is 7.40. The van der Waals surface area contributed by atoms with Crippen molar-refractivity contribution in [1.29, 1.82) is 0 Å². The van der Waals surface area contributed by atoms with Crippen molar-refractivity contribution >= 4 is 15.9 Å². The lowest BCUT2D eigenvalue weighted by Crippen LogP contribution is -2.52. The maximum Gasteiger partial charge on any atom is 0.243 e. The van der Waals surface area contributed by atoms with Crippen molar-refractivity contribution in [2.24, 2.45) is 0 Å². The third kappa shape index (κ3) is 5.04. The van der Waals surface area contributed by atoms with Crippen LogP contribution in [0.15, 0.2) is 29.2 Å². The van der Waals surface area contributed by atoms with Gasteiger partial charge in [0.2, 0.25) is 15.9 Å². The Labute approximate surface area is 168 Å². The van der Waals surface area contributed by atoms with Crippen molar-refractivity contribution in [3.05, 3.63) is 24.3 Å². The number of sulfonamides is 1. The highest BCUT2D eigenvalue weighted by Crippen LogP contribution is 2.28.